The Morgan fingerprint density at radius 2 is 2.11 bits per heavy atom. The quantitative estimate of drug-likeness (QED) is 0.888. The predicted octanol–water partition coefficient (Wildman–Crippen LogP) is 4.31. The van der Waals surface area contributed by atoms with Crippen LogP contribution in [0.2, 0.25) is 5.02 Å². The van der Waals surface area contributed by atoms with Gasteiger partial charge in [-0.3, -0.25) is 0 Å². The van der Waals surface area contributed by atoms with Crippen LogP contribution in [0.15, 0.2) is 35.7 Å². The largest absolute Gasteiger partial charge is 0.392 e. The Morgan fingerprint density at radius 1 is 1.32 bits per heavy atom. The second kappa shape index (κ2) is 6.42. The topological polar surface area (TPSA) is 23.5 Å². The number of benzene rings is 1. The number of anilines is 1. The SMILES string of the molecule is CC(C)N(Cc1cccs1)c1ccc(Cl)cc1CO. The van der Waals surface area contributed by atoms with E-state index in [0.29, 0.717) is 11.1 Å². The molecule has 0 amide bonds. The molecule has 1 aromatic carbocycles. The van der Waals surface area contributed by atoms with E-state index in [1.165, 1.54) is 4.88 Å². The van der Waals surface area contributed by atoms with E-state index in [2.05, 4.69) is 36.3 Å². The minimum absolute atomic E-state index is 0.00353. The minimum Gasteiger partial charge on any atom is -0.392 e. The third kappa shape index (κ3) is 3.50. The first kappa shape index (κ1) is 14.4. The third-order valence-corrected chi connectivity index (χ3v) is 4.15. The molecule has 0 radical (unpaired) electrons. The Morgan fingerprint density at radius 3 is 2.68 bits per heavy atom. The number of hydrogen-bond donors (Lipinski definition) is 1. The molecule has 0 aliphatic heterocycles. The van der Waals surface area contributed by atoms with Crippen molar-refractivity contribution in [1.82, 2.24) is 0 Å². The summed E-state index contributed by atoms with van der Waals surface area (Å²) in [5.41, 5.74) is 1.92. The molecule has 2 aromatic rings. The zero-order valence-electron chi connectivity index (χ0n) is 11.1. The summed E-state index contributed by atoms with van der Waals surface area (Å²) in [6.45, 7) is 5.17. The number of nitrogens with zero attached hydrogens (tertiary/aromatic N) is 1. The van der Waals surface area contributed by atoms with Gasteiger partial charge in [-0.25, -0.2) is 0 Å². The number of hydrogen-bond acceptors (Lipinski definition) is 3. The highest BCUT2D eigenvalue weighted by Crippen LogP contribution is 2.28. The molecular weight excluding hydrogens is 278 g/mol. The molecule has 2 rings (SSSR count). The summed E-state index contributed by atoms with van der Waals surface area (Å²) in [6, 6.07) is 10.2. The van der Waals surface area contributed by atoms with Crippen LogP contribution in [0.25, 0.3) is 0 Å². The maximum Gasteiger partial charge on any atom is 0.0702 e. The molecule has 0 fully saturated rings. The Balaban J connectivity index is 2.33. The maximum atomic E-state index is 9.52. The molecule has 0 aliphatic carbocycles. The van der Waals surface area contributed by atoms with Gasteiger partial charge in [-0.05, 0) is 43.5 Å². The summed E-state index contributed by atoms with van der Waals surface area (Å²) in [5, 5.41) is 12.3. The maximum absolute atomic E-state index is 9.52. The van der Waals surface area contributed by atoms with E-state index >= 15 is 0 Å². The molecule has 0 atom stereocenters. The summed E-state index contributed by atoms with van der Waals surface area (Å²) >= 11 is 7.74. The Bertz CT molecular complexity index is 525. The van der Waals surface area contributed by atoms with Gasteiger partial charge in [0, 0.05) is 27.2 Å². The number of halogens is 1. The molecule has 0 spiro atoms. The molecule has 0 unspecified atom stereocenters. The molecule has 1 aromatic heterocycles. The van der Waals surface area contributed by atoms with Gasteiger partial charge in [-0.15, -0.1) is 11.3 Å². The van der Waals surface area contributed by atoms with E-state index in [0.717, 1.165) is 17.8 Å². The van der Waals surface area contributed by atoms with Crippen molar-refractivity contribution in [3.8, 4) is 0 Å². The van der Waals surface area contributed by atoms with Crippen LogP contribution < -0.4 is 4.90 Å². The van der Waals surface area contributed by atoms with Gasteiger partial charge in [0.05, 0.1) is 13.2 Å². The van der Waals surface area contributed by atoms with Gasteiger partial charge in [0.1, 0.15) is 0 Å². The van der Waals surface area contributed by atoms with Crippen molar-refractivity contribution in [3.05, 3.63) is 51.2 Å². The summed E-state index contributed by atoms with van der Waals surface area (Å²) in [5.74, 6) is 0. The van der Waals surface area contributed by atoms with Crippen molar-refractivity contribution in [2.24, 2.45) is 0 Å². The molecule has 0 aliphatic rings. The summed E-state index contributed by atoms with van der Waals surface area (Å²) in [6.07, 6.45) is 0. The van der Waals surface area contributed by atoms with E-state index in [1.54, 1.807) is 11.3 Å². The first-order valence-corrected chi connectivity index (χ1v) is 7.56. The lowest BCUT2D eigenvalue weighted by Crippen LogP contribution is -2.30. The van der Waals surface area contributed by atoms with Crippen molar-refractivity contribution in [2.45, 2.75) is 33.0 Å². The minimum atomic E-state index is 0.00353. The van der Waals surface area contributed by atoms with Gasteiger partial charge in [-0.2, -0.15) is 0 Å². The molecule has 2 nitrogen and oxygen atoms in total. The van der Waals surface area contributed by atoms with Gasteiger partial charge in [0.15, 0.2) is 0 Å². The monoisotopic (exact) mass is 295 g/mol. The van der Waals surface area contributed by atoms with Gasteiger partial charge in [0.2, 0.25) is 0 Å². The molecule has 1 heterocycles. The van der Waals surface area contributed by atoms with Crippen LogP contribution in [0.4, 0.5) is 5.69 Å². The highest BCUT2D eigenvalue weighted by molar-refractivity contribution is 7.09. The van der Waals surface area contributed by atoms with Gasteiger partial charge in [0.25, 0.3) is 0 Å². The highest BCUT2D eigenvalue weighted by Gasteiger charge is 2.15. The first-order valence-electron chi connectivity index (χ1n) is 6.30. The summed E-state index contributed by atoms with van der Waals surface area (Å²) in [7, 11) is 0. The Labute approximate surface area is 123 Å². The van der Waals surface area contributed by atoms with Crippen molar-refractivity contribution in [3.63, 3.8) is 0 Å². The van der Waals surface area contributed by atoms with E-state index in [-0.39, 0.29) is 6.61 Å². The molecule has 19 heavy (non-hydrogen) atoms. The number of aliphatic hydroxyl groups excluding tert-OH is 1. The second-order valence-electron chi connectivity index (χ2n) is 4.73. The van der Waals surface area contributed by atoms with Crippen LogP contribution in [-0.4, -0.2) is 11.1 Å². The van der Waals surface area contributed by atoms with Crippen molar-refractivity contribution in [2.75, 3.05) is 4.90 Å². The highest BCUT2D eigenvalue weighted by atomic mass is 35.5. The lowest BCUT2D eigenvalue weighted by Gasteiger charge is -2.30. The molecule has 102 valence electrons. The first-order chi connectivity index (χ1) is 9.11. The van der Waals surface area contributed by atoms with E-state index in [4.69, 9.17) is 11.6 Å². The van der Waals surface area contributed by atoms with Crippen LogP contribution in [0.3, 0.4) is 0 Å². The fourth-order valence-corrected chi connectivity index (χ4v) is 2.97. The lowest BCUT2D eigenvalue weighted by molar-refractivity contribution is 0.282. The average molecular weight is 296 g/mol. The van der Waals surface area contributed by atoms with E-state index in [9.17, 15) is 5.11 Å². The van der Waals surface area contributed by atoms with Crippen molar-refractivity contribution < 1.29 is 5.11 Å². The fourth-order valence-electron chi connectivity index (χ4n) is 2.08. The molecule has 0 bridgehead atoms. The molecule has 4 heteroatoms. The zero-order chi connectivity index (χ0) is 13.8. The Hall–Kier alpha value is -1.03. The van der Waals surface area contributed by atoms with Crippen LogP contribution in [0, 0.1) is 0 Å². The van der Waals surface area contributed by atoms with Gasteiger partial charge >= 0.3 is 0 Å². The Kier molecular flexibility index (Phi) is 4.86. The smallest absolute Gasteiger partial charge is 0.0702 e. The lowest BCUT2D eigenvalue weighted by atomic mass is 10.1. The number of aliphatic hydroxyl groups is 1. The van der Waals surface area contributed by atoms with Crippen LogP contribution in [0.1, 0.15) is 24.3 Å². The van der Waals surface area contributed by atoms with Crippen LogP contribution in [0.5, 0.6) is 0 Å². The summed E-state index contributed by atoms with van der Waals surface area (Å²) in [4.78, 5) is 3.60. The molecular formula is C15H18ClNOS. The average Bonchev–Trinajstić information content (AvgIpc) is 2.89. The molecule has 0 saturated heterocycles. The number of rotatable bonds is 5. The van der Waals surface area contributed by atoms with Crippen molar-refractivity contribution >= 4 is 28.6 Å². The fraction of sp³-hybridized carbons (Fsp3) is 0.333. The predicted molar refractivity (Wildman–Crippen MR) is 83.0 cm³/mol. The van der Waals surface area contributed by atoms with Gasteiger partial charge < -0.3 is 10.0 Å². The van der Waals surface area contributed by atoms with Gasteiger partial charge in [-0.1, -0.05) is 17.7 Å². The molecule has 0 saturated carbocycles. The second-order valence-corrected chi connectivity index (χ2v) is 6.20. The third-order valence-electron chi connectivity index (χ3n) is 3.05. The zero-order valence-corrected chi connectivity index (χ0v) is 12.7. The van der Waals surface area contributed by atoms with Crippen LogP contribution >= 0.6 is 22.9 Å². The standard InChI is InChI=1S/C15H18ClNOS/c1-11(2)17(9-14-4-3-7-19-14)15-6-5-13(16)8-12(15)10-18/h3-8,11,18H,9-10H2,1-2H3. The van der Waals surface area contributed by atoms with E-state index in [1.807, 2.05) is 18.2 Å². The van der Waals surface area contributed by atoms with E-state index < -0.39 is 0 Å². The molecule has 1 N–H and O–H groups in total. The summed E-state index contributed by atoms with van der Waals surface area (Å²) < 4.78 is 0. The normalized spacial score (nSPS) is 11.0. The van der Waals surface area contributed by atoms with Crippen molar-refractivity contribution in [1.29, 1.82) is 0 Å². The number of thiophene rings is 1. The van der Waals surface area contributed by atoms with Crippen LogP contribution in [-0.2, 0) is 13.2 Å².